The predicted octanol–water partition coefficient (Wildman–Crippen LogP) is 11.3. The Morgan fingerprint density at radius 1 is 1.06 bits per heavy atom. The van der Waals surface area contributed by atoms with E-state index in [1.165, 1.54) is 32.0 Å². The predicted molar refractivity (Wildman–Crippen MR) is 231 cm³/mol. The molecule has 298 valence electrons. The Morgan fingerprint density at radius 3 is 2.12 bits per heavy atom. The molecule has 2 aromatic carbocycles. The lowest BCUT2D eigenvalue weighted by Crippen LogP contribution is -2.38. The highest BCUT2D eigenvalue weighted by atomic mass is 79.9. The molecule has 0 aromatic heterocycles. The van der Waals surface area contributed by atoms with Crippen LogP contribution in [0.5, 0.6) is 5.75 Å². The lowest BCUT2D eigenvalue weighted by Gasteiger charge is -2.32. The highest BCUT2D eigenvalue weighted by Crippen LogP contribution is 2.33. The smallest absolute Gasteiger partial charge is 0.139 e. The van der Waals surface area contributed by atoms with Gasteiger partial charge in [0.25, 0.3) is 0 Å². The average Bonchev–Trinajstić information content (AvgIpc) is 3.56. The minimum Gasteiger partial charge on any atom is -0.490 e. The number of nitrogens with one attached hydrogen (secondary N) is 1. The number of fused-ring (bicyclic) bond motifs is 1. The van der Waals surface area contributed by atoms with Gasteiger partial charge in [0.2, 0.25) is 0 Å². The van der Waals surface area contributed by atoms with Crippen LogP contribution in [0.1, 0.15) is 131 Å². The van der Waals surface area contributed by atoms with Gasteiger partial charge in [0.05, 0.1) is 12.6 Å². The molecule has 3 atom stereocenters. The lowest BCUT2D eigenvalue weighted by molar-refractivity contribution is -0.107. The molecule has 2 aliphatic heterocycles. The van der Waals surface area contributed by atoms with Gasteiger partial charge >= 0.3 is 0 Å². The Labute approximate surface area is 328 Å². The van der Waals surface area contributed by atoms with Crippen molar-refractivity contribution < 1.29 is 14.6 Å². The SMILES string of the molecule is C=C(C)N(C)C.CC.CC.CCC.CN1CCCC1C(C)(C)C.Cc1ccc(OC2CCC[C@@H](O)N(CC=O)c3cccc(Br)c3CC2)cc1C=N. The number of hydrogen-bond acceptors (Lipinski definition) is 7. The highest BCUT2D eigenvalue weighted by Gasteiger charge is 2.31. The summed E-state index contributed by atoms with van der Waals surface area (Å²) in [6, 6.07) is 12.5. The summed E-state index contributed by atoms with van der Waals surface area (Å²) in [5.74, 6) is 0.770. The van der Waals surface area contributed by atoms with Crippen molar-refractivity contribution in [2.75, 3.05) is 39.1 Å². The first-order valence-corrected chi connectivity index (χ1v) is 20.4. The van der Waals surface area contributed by atoms with Crippen molar-refractivity contribution in [1.29, 1.82) is 5.41 Å². The van der Waals surface area contributed by atoms with Crippen molar-refractivity contribution in [3.8, 4) is 5.75 Å². The fourth-order valence-electron chi connectivity index (χ4n) is 5.82. The van der Waals surface area contributed by atoms with Crippen molar-refractivity contribution >= 4 is 34.1 Å². The molecule has 0 amide bonds. The van der Waals surface area contributed by atoms with E-state index in [0.717, 1.165) is 76.3 Å². The number of anilines is 1. The molecule has 1 saturated heterocycles. The molecule has 0 bridgehead atoms. The van der Waals surface area contributed by atoms with Crippen LogP contribution in [0, 0.1) is 17.7 Å². The number of ether oxygens (including phenoxy) is 1. The third kappa shape index (κ3) is 19.4. The molecule has 2 heterocycles. The molecule has 2 unspecified atom stereocenters. The van der Waals surface area contributed by atoms with Gasteiger partial charge in [0, 0.05) is 42.2 Å². The summed E-state index contributed by atoms with van der Waals surface area (Å²) in [7, 11) is 6.19. The molecule has 0 radical (unpaired) electrons. The number of benzene rings is 2. The zero-order valence-electron chi connectivity index (χ0n) is 35.6. The zero-order chi connectivity index (χ0) is 40.4. The van der Waals surface area contributed by atoms with Crippen molar-refractivity contribution in [3.05, 3.63) is 69.8 Å². The Balaban J connectivity index is 0. The van der Waals surface area contributed by atoms with E-state index in [4.69, 9.17) is 10.1 Å². The van der Waals surface area contributed by atoms with E-state index in [-0.39, 0.29) is 12.6 Å². The molecule has 2 aliphatic rings. The average molecular weight is 790 g/mol. The monoisotopic (exact) mass is 789 g/mol. The van der Waals surface area contributed by atoms with Gasteiger partial charge in [-0.3, -0.25) is 0 Å². The lowest BCUT2D eigenvalue weighted by atomic mass is 9.85. The number of allylic oxidation sites excluding steroid dienone is 1. The van der Waals surface area contributed by atoms with Crippen molar-refractivity contribution in [3.63, 3.8) is 0 Å². The minimum atomic E-state index is -0.712. The van der Waals surface area contributed by atoms with Gasteiger partial charge in [0.1, 0.15) is 18.3 Å². The van der Waals surface area contributed by atoms with Crippen molar-refractivity contribution in [1.82, 2.24) is 9.80 Å². The Morgan fingerprint density at radius 2 is 1.65 bits per heavy atom. The fraction of sp³-hybridized carbons (Fsp3) is 0.636. The normalized spacial score (nSPS) is 18.2. The van der Waals surface area contributed by atoms with Crippen LogP contribution in [0.25, 0.3) is 0 Å². The number of aliphatic hydroxyl groups excluding tert-OH is 1. The summed E-state index contributed by atoms with van der Waals surface area (Å²) in [6.45, 7) is 28.3. The molecule has 8 heteroatoms. The number of aldehydes is 1. The zero-order valence-corrected chi connectivity index (χ0v) is 37.2. The molecular formula is C44H77BrN4O3. The van der Waals surface area contributed by atoms with Gasteiger partial charge in [-0.15, -0.1) is 0 Å². The largest absolute Gasteiger partial charge is 0.490 e. The molecule has 2 N–H and O–H groups in total. The maximum Gasteiger partial charge on any atom is 0.139 e. The fourth-order valence-corrected chi connectivity index (χ4v) is 6.37. The summed E-state index contributed by atoms with van der Waals surface area (Å²) in [5, 5.41) is 18.3. The minimum absolute atomic E-state index is 0.0149. The number of carbonyl (C=O) groups excluding carboxylic acids is 1. The number of rotatable bonds is 6. The third-order valence-electron chi connectivity index (χ3n) is 8.73. The molecule has 1 fully saturated rings. The van der Waals surface area contributed by atoms with E-state index in [1.54, 1.807) is 4.90 Å². The molecule has 4 rings (SSSR count). The number of halogens is 1. The maximum absolute atomic E-state index is 11.2. The van der Waals surface area contributed by atoms with Crippen molar-refractivity contribution in [2.24, 2.45) is 5.41 Å². The standard InChI is InChI=1S/C23H27BrN2O3.C9H19N.C5H11N.C3H8.2C2H6/c1-16-8-9-19(14-17(16)15-25)29-18-4-2-7-23(28)26(12-13-27)22-6-3-5-21(24)20(22)11-10-18;1-9(2,3)8-6-5-7-10(8)4;1-5(2)6(3)4;1-3-2;2*1-2/h3,5-6,8-9,13-15,18,23,25,28H,2,4,7,10-12H2,1H3;8H,5-7H2,1-4H3;1H2,2-4H3;3H2,1-2H3;2*1-2H3/t18?,23-;;;;;/m1...../s1. The van der Waals surface area contributed by atoms with Crippen LogP contribution < -0.4 is 9.64 Å². The maximum atomic E-state index is 11.2. The van der Waals surface area contributed by atoms with Crippen LogP contribution in [-0.4, -0.2) is 80.0 Å². The second-order valence-electron chi connectivity index (χ2n) is 14.3. The van der Waals surface area contributed by atoms with Crippen molar-refractivity contribution in [2.45, 2.75) is 146 Å². The first-order chi connectivity index (χ1) is 24.6. The quantitative estimate of drug-likeness (QED) is 0.224. The Kier molecular flexibility index (Phi) is 28.5. The molecule has 0 aliphatic carbocycles. The van der Waals surface area contributed by atoms with Crippen LogP contribution >= 0.6 is 15.9 Å². The molecule has 0 saturated carbocycles. The van der Waals surface area contributed by atoms with Crippen LogP contribution in [0.15, 0.2) is 53.1 Å². The number of carbonyl (C=O) groups is 1. The number of aryl methyl sites for hydroxylation is 1. The van der Waals surface area contributed by atoms with Gasteiger partial charge in [-0.2, -0.15) is 0 Å². The second kappa shape index (κ2) is 28.8. The van der Waals surface area contributed by atoms with E-state index in [2.05, 4.69) is 69.1 Å². The van der Waals surface area contributed by atoms with E-state index in [0.29, 0.717) is 11.8 Å². The first-order valence-electron chi connectivity index (χ1n) is 19.6. The topological polar surface area (TPSA) is 80.1 Å². The summed E-state index contributed by atoms with van der Waals surface area (Å²) < 4.78 is 7.25. The Bertz CT molecular complexity index is 1260. The van der Waals surface area contributed by atoms with Gasteiger partial charge in [-0.05, 0) is 119 Å². The highest BCUT2D eigenvalue weighted by molar-refractivity contribution is 9.10. The number of likely N-dealkylation sites (tertiary alicyclic amines) is 1. The summed E-state index contributed by atoms with van der Waals surface area (Å²) in [5.41, 5.74) is 5.44. The molecule has 52 heavy (non-hydrogen) atoms. The van der Waals surface area contributed by atoms with Gasteiger partial charge < -0.3 is 34.7 Å². The van der Waals surface area contributed by atoms with Crippen LogP contribution in [0.4, 0.5) is 5.69 Å². The summed E-state index contributed by atoms with van der Waals surface area (Å²) in [6.07, 6.45) is 9.30. The Hall–Kier alpha value is -2.68. The van der Waals surface area contributed by atoms with E-state index >= 15 is 0 Å². The van der Waals surface area contributed by atoms with E-state index in [9.17, 15) is 9.90 Å². The van der Waals surface area contributed by atoms with E-state index < -0.39 is 6.23 Å². The first kappa shape index (κ1) is 51.4. The van der Waals surface area contributed by atoms with Crippen LogP contribution in [0.3, 0.4) is 0 Å². The third-order valence-corrected chi connectivity index (χ3v) is 9.47. The molecule has 7 nitrogen and oxygen atoms in total. The van der Waals surface area contributed by atoms with E-state index in [1.807, 2.05) is 96.9 Å². The van der Waals surface area contributed by atoms with Crippen LogP contribution in [0.2, 0.25) is 0 Å². The molecule has 0 spiro atoms. The molecule has 2 aromatic rings. The summed E-state index contributed by atoms with van der Waals surface area (Å²) >= 11 is 3.64. The molecular weight excluding hydrogens is 712 g/mol. The van der Waals surface area contributed by atoms with Gasteiger partial charge in [-0.1, -0.05) is 103 Å². The van der Waals surface area contributed by atoms with Crippen LogP contribution in [-0.2, 0) is 11.2 Å². The summed E-state index contributed by atoms with van der Waals surface area (Å²) in [4.78, 5) is 17.4. The van der Waals surface area contributed by atoms with Gasteiger partial charge in [0.15, 0.2) is 0 Å². The van der Waals surface area contributed by atoms with Gasteiger partial charge in [-0.25, -0.2) is 0 Å². The second-order valence-corrected chi connectivity index (χ2v) is 15.1. The number of aliphatic hydroxyl groups is 1. The number of hydrogen-bond donors (Lipinski definition) is 2. The number of nitrogens with zero attached hydrogens (tertiary/aromatic N) is 3.